The zero-order chi connectivity index (χ0) is 28.8. The van der Waals surface area contributed by atoms with Crippen molar-refractivity contribution in [3.8, 4) is 20.9 Å². The largest absolute Gasteiger partial charge is 0.135 e. The number of allylic oxidation sites excluding steroid dienone is 2. The van der Waals surface area contributed by atoms with E-state index in [-0.39, 0.29) is 0 Å². The Balaban J connectivity index is 1.33. The molecule has 0 unspecified atom stereocenters. The number of hydrogen-bond acceptors (Lipinski definition) is 2. The van der Waals surface area contributed by atoms with Crippen LogP contribution >= 0.6 is 22.7 Å². The van der Waals surface area contributed by atoms with Gasteiger partial charge in [-0.1, -0.05) is 97.1 Å². The first kappa shape index (κ1) is 24.9. The van der Waals surface area contributed by atoms with Crippen molar-refractivity contribution in [3.05, 3.63) is 131 Å². The smallest absolute Gasteiger partial charge is 0.0424 e. The topological polar surface area (TPSA) is 0 Å². The molecule has 2 aromatic heterocycles. The van der Waals surface area contributed by atoms with Crippen LogP contribution in [0, 0.1) is 0 Å². The van der Waals surface area contributed by atoms with Gasteiger partial charge in [0.05, 0.1) is 0 Å². The van der Waals surface area contributed by atoms with Crippen molar-refractivity contribution in [2.24, 2.45) is 0 Å². The van der Waals surface area contributed by atoms with Crippen molar-refractivity contribution in [1.29, 1.82) is 0 Å². The van der Waals surface area contributed by atoms with E-state index in [0.29, 0.717) is 0 Å². The van der Waals surface area contributed by atoms with Gasteiger partial charge in [-0.2, -0.15) is 0 Å². The summed E-state index contributed by atoms with van der Waals surface area (Å²) in [4.78, 5) is 2.71. The number of benzene rings is 6. The third-order valence-electron chi connectivity index (χ3n) is 9.74. The summed E-state index contributed by atoms with van der Waals surface area (Å²) in [6.45, 7) is 0. The van der Waals surface area contributed by atoms with E-state index in [2.05, 4.69) is 121 Å². The lowest BCUT2D eigenvalue weighted by atomic mass is 9.88. The highest BCUT2D eigenvalue weighted by Crippen LogP contribution is 2.50. The number of fused-ring (bicyclic) bond motifs is 9. The lowest BCUT2D eigenvalue weighted by Crippen LogP contribution is -1.92. The lowest BCUT2D eigenvalue weighted by molar-refractivity contribution is 0.990. The summed E-state index contributed by atoms with van der Waals surface area (Å²) in [5.41, 5.74) is 8.52. The molecule has 0 spiro atoms. The van der Waals surface area contributed by atoms with E-state index in [1.165, 1.54) is 95.6 Å². The molecule has 0 fully saturated rings. The molecule has 0 aliphatic heterocycles. The average Bonchev–Trinajstić information content (AvgIpc) is 3.71. The minimum absolute atomic E-state index is 1.13. The number of hydrogen-bond donors (Lipinski definition) is 0. The fourth-order valence-corrected chi connectivity index (χ4v) is 10.2. The Morgan fingerprint density at radius 2 is 0.909 bits per heavy atom. The fourth-order valence-electron chi connectivity index (χ4n) is 7.65. The third kappa shape index (κ3) is 3.62. The summed E-state index contributed by atoms with van der Waals surface area (Å²) >= 11 is 3.93. The number of rotatable bonds is 2. The molecule has 44 heavy (non-hydrogen) atoms. The fraction of sp³-hybridized carbons (Fsp3) is 0.0952. The van der Waals surface area contributed by atoms with Crippen LogP contribution in [0.5, 0.6) is 0 Å². The van der Waals surface area contributed by atoms with E-state index in [9.17, 15) is 0 Å². The van der Waals surface area contributed by atoms with Crippen LogP contribution in [0.2, 0.25) is 0 Å². The minimum atomic E-state index is 1.13. The van der Waals surface area contributed by atoms with Crippen molar-refractivity contribution in [2.75, 3.05) is 0 Å². The van der Waals surface area contributed by atoms with E-state index in [4.69, 9.17) is 0 Å². The maximum absolute atomic E-state index is 2.45. The highest BCUT2D eigenvalue weighted by molar-refractivity contribution is 7.23. The molecule has 0 saturated carbocycles. The van der Waals surface area contributed by atoms with E-state index in [1.54, 1.807) is 0 Å². The molecule has 0 saturated heterocycles. The lowest BCUT2D eigenvalue weighted by Gasteiger charge is -2.17. The van der Waals surface area contributed by atoms with Crippen LogP contribution in [0.4, 0.5) is 0 Å². The quantitative estimate of drug-likeness (QED) is 0.174. The van der Waals surface area contributed by atoms with Crippen molar-refractivity contribution in [3.63, 3.8) is 0 Å². The molecule has 2 aliphatic carbocycles. The zero-order valence-electron chi connectivity index (χ0n) is 24.2. The summed E-state index contributed by atoms with van der Waals surface area (Å²) in [5.74, 6) is 0. The number of aryl methyl sites for hydroxylation is 2. The molecule has 2 aliphatic rings. The van der Waals surface area contributed by atoms with Crippen molar-refractivity contribution in [1.82, 2.24) is 0 Å². The third-order valence-corrected chi connectivity index (χ3v) is 12.1. The molecular weight excluding hydrogens is 569 g/mol. The van der Waals surface area contributed by atoms with Gasteiger partial charge in [-0.15, -0.1) is 22.7 Å². The highest BCUT2D eigenvalue weighted by Gasteiger charge is 2.22. The maximum atomic E-state index is 2.45. The van der Waals surface area contributed by atoms with Crippen LogP contribution < -0.4 is 0 Å². The normalized spacial score (nSPS) is 14.3. The molecule has 0 atom stereocenters. The zero-order valence-corrected chi connectivity index (χ0v) is 25.8. The molecule has 208 valence electrons. The van der Waals surface area contributed by atoms with Gasteiger partial charge in [0, 0.05) is 30.3 Å². The molecule has 10 rings (SSSR count). The molecule has 6 aromatic carbocycles. The van der Waals surface area contributed by atoms with Gasteiger partial charge in [0.1, 0.15) is 0 Å². The minimum Gasteiger partial charge on any atom is -0.135 e. The van der Waals surface area contributed by atoms with Crippen LogP contribution in [0.3, 0.4) is 0 Å². The molecule has 0 amide bonds. The van der Waals surface area contributed by atoms with Crippen LogP contribution in [0.1, 0.15) is 35.1 Å². The molecule has 0 bridgehead atoms. The van der Waals surface area contributed by atoms with Crippen molar-refractivity contribution >= 4 is 87.3 Å². The Hall–Kier alpha value is -4.50. The van der Waals surface area contributed by atoms with E-state index in [1.807, 2.05) is 22.7 Å². The molecule has 0 radical (unpaired) electrons. The summed E-state index contributed by atoms with van der Waals surface area (Å²) in [7, 11) is 0. The summed E-state index contributed by atoms with van der Waals surface area (Å²) < 4.78 is 2.83. The molecule has 2 heteroatoms. The molecule has 2 heterocycles. The van der Waals surface area contributed by atoms with Gasteiger partial charge in [-0.25, -0.2) is 0 Å². The standard InChI is InChI=1S/C42H28S2/c1-2-12-28-22-36-35(21-27(28)11-1)39(37-23-29-19-17-25-9-3-5-13-31(25)41(29)43-37)33-15-7-8-16-34(33)40(36)38-24-30-20-18-26-10-4-6-14-32(26)42(30)44-38/h1-2,5-8,11-24H,3-4,9-10H2. The van der Waals surface area contributed by atoms with Crippen LogP contribution in [0.25, 0.3) is 85.5 Å². The Morgan fingerprint density at radius 3 is 1.41 bits per heavy atom. The van der Waals surface area contributed by atoms with Gasteiger partial charge in [-0.3, -0.25) is 0 Å². The molecule has 8 aromatic rings. The van der Waals surface area contributed by atoms with Gasteiger partial charge in [0.2, 0.25) is 0 Å². The second kappa shape index (κ2) is 9.50. The van der Waals surface area contributed by atoms with Crippen LogP contribution in [-0.2, 0) is 12.8 Å². The Labute approximate surface area is 264 Å². The van der Waals surface area contributed by atoms with Crippen LogP contribution in [0.15, 0.2) is 109 Å². The number of thiophene rings is 2. The predicted molar refractivity (Wildman–Crippen MR) is 195 cm³/mol. The first-order valence-electron chi connectivity index (χ1n) is 15.6. The monoisotopic (exact) mass is 596 g/mol. The average molecular weight is 597 g/mol. The first-order valence-corrected chi connectivity index (χ1v) is 17.3. The first-order chi connectivity index (χ1) is 21.8. The second-order valence-corrected chi connectivity index (χ2v) is 14.4. The second-order valence-electron chi connectivity index (χ2n) is 12.3. The maximum Gasteiger partial charge on any atom is 0.0424 e. The van der Waals surface area contributed by atoms with Gasteiger partial charge >= 0.3 is 0 Å². The SMILES string of the molecule is C1=Cc2c(ccc3cc(-c4c5ccccc5c(-c5cc6ccc7c(c6s5)C=CCC7)c5cc6ccccc6cc45)sc23)CC1. The Bertz CT molecular complexity index is 2370. The van der Waals surface area contributed by atoms with Gasteiger partial charge in [-0.05, 0) is 115 Å². The Morgan fingerprint density at radius 1 is 0.432 bits per heavy atom. The van der Waals surface area contributed by atoms with Gasteiger partial charge in [0.25, 0.3) is 0 Å². The molecular formula is C42H28S2. The summed E-state index contributed by atoms with van der Waals surface area (Å²) in [6.07, 6.45) is 13.9. The van der Waals surface area contributed by atoms with Crippen molar-refractivity contribution < 1.29 is 0 Å². The summed E-state index contributed by atoms with van der Waals surface area (Å²) in [5, 5.41) is 10.6. The Kier molecular flexibility index (Phi) is 5.37. The molecule has 0 N–H and O–H groups in total. The predicted octanol–water partition coefficient (Wildman–Crippen LogP) is 12.8. The van der Waals surface area contributed by atoms with Gasteiger partial charge in [0.15, 0.2) is 0 Å². The van der Waals surface area contributed by atoms with Crippen molar-refractivity contribution in [2.45, 2.75) is 25.7 Å². The van der Waals surface area contributed by atoms with E-state index >= 15 is 0 Å². The van der Waals surface area contributed by atoms with Crippen LogP contribution in [-0.4, -0.2) is 0 Å². The van der Waals surface area contributed by atoms with E-state index in [0.717, 1.165) is 25.7 Å². The van der Waals surface area contributed by atoms with Gasteiger partial charge < -0.3 is 0 Å². The molecule has 0 nitrogen and oxygen atoms in total. The summed E-state index contributed by atoms with van der Waals surface area (Å²) in [6, 6.07) is 37.1. The van der Waals surface area contributed by atoms with E-state index < -0.39 is 0 Å². The highest BCUT2D eigenvalue weighted by atomic mass is 32.1.